The molecule has 0 radical (unpaired) electrons. The third-order valence-electron chi connectivity index (χ3n) is 4.18. The van der Waals surface area contributed by atoms with Gasteiger partial charge in [-0.2, -0.15) is 5.10 Å². The maximum atomic E-state index is 11.7. The van der Waals surface area contributed by atoms with Crippen LogP contribution >= 0.6 is 0 Å². The zero-order valence-electron chi connectivity index (χ0n) is 11.7. The molecule has 2 N–H and O–H groups in total. The number of aromatic nitrogens is 2. The molecule has 1 unspecified atom stereocenters. The fraction of sp³-hybridized carbons (Fsp3) is 0.714. The van der Waals surface area contributed by atoms with Gasteiger partial charge in [0.25, 0.3) is 0 Å². The van der Waals surface area contributed by atoms with E-state index in [4.69, 9.17) is 10.5 Å². The molecular formula is C14H22N4O2. The van der Waals surface area contributed by atoms with E-state index in [1.807, 2.05) is 12.3 Å². The summed E-state index contributed by atoms with van der Waals surface area (Å²) in [4.78, 5) is 13.3. The minimum atomic E-state index is -0.285. The SMILES string of the molecule is NCC1CN(Cc2ccn(C3CCCCC3)n2)C(=O)O1. The van der Waals surface area contributed by atoms with E-state index in [1.54, 1.807) is 4.90 Å². The van der Waals surface area contributed by atoms with Crippen LogP contribution in [0.2, 0.25) is 0 Å². The molecule has 6 heteroatoms. The molecule has 0 aromatic carbocycles. The quantitative estimate of drug-likeness (QED) is 0.909. The first-order valence-electron chi connectivity index (χ1n) is 7.46. The van der Waals surface area contributed by atoms with Crippen LogP contribution in [0.25, 0.3) is 0 Å². The van der Waals surface area contributed by atoms with Crippen LogP contribution in [0.3, 0.4) is 0 Å². The van der Waals surface area contributed by atoms with Gasteiger partial charge in [-0.1, -0.05) is 19.3 Å². The Hall–Kier alpha value is -1.56. The lowest BCUT2D eigenvalue weighted by Crippen LogP contribution is -2.27. The van der Waals surface area contributed by atoms with E-state index in [-0.39, 0.29) is 12.2 Å². The summed E-state index contributed by atoms with van der Waals surface area (Å²) in [6, 6.07) is 2.53. The molecule has 0 spiro atoms. The number of amides is 1. The van der Waals surface area contributed by atoms with Gasteiger partial charge in [0.05, 0.1) is 24.8 Å². The second kappa shape index (κ2) is 5.83. The molecule has 1 atom stereocenters. The maximum absolute atomic E-state index is 11.7. The topological polar surface area (TPSA) is 73.4 Å². The Bertz CT molecular complexity index is 467. The number of nitrogens with zero attached hydrogens (tertiary/aromatic N) is 3. The summed E-state index contributed by atoms with van der Waals surface area (Å²) in [6.45, 7) is 1.44. The second-order valence-corrected chi connectivity index (χ2v) is 5.70. The Morgan fingerprint density at radius 1 is 1.35 bits per heavy atom. The summed E-state index contributed by atoms with van der Waals surface area (Å²) >= 11 is 0. The van der Waals surface area contributed by atoms with Gasteiger partial charge in [-0.3, -0.25) is 9.58 Å². The molecule has 20 heavy (non-hydrogen) atoms. The van der Waals surface area contributed by atoms with E-state index in [1.165, 1.54) is 32.1 Å². The van der Waals surface area contributed by atoms with Gasteiger partial charge in [-0.05, 0) is 18.9 Å². The van der Waals surface area contributed by atoms with Crippen molar-refractivity contribution in [3.63, 3.8) is 0 Å². The van der Waals surface area contributed by atoms with Gasteiger partial charge < -0.3 is 10.5 Å². The number of rotatable bonds is 4. The van der Waals surface area contributed by atoms with Crippen LogP contribution in [0.4, 0.5) is 4.79 Å². The van der Waals surface area contributed by atoms with Crippen molar-refractivity contribution >= 4 is 6.09 Å². The van der Waals surface area contributed by atoms with Crippen LogP contribution < -0.4 is 5.73 Å². The van der Waals surface area contributed by atoms with Crippen LogP contribution in [-0.2, 0) is 11.3 Å². The molecule has 2 aliphatic rings. The summed E-state index contributed by atoms with van der Waals surface area (Å²) in [5.74, 6) is 0. The molecule has 110 valence electrons. The fourth-order valence-electron chi connectivity index (χ4n) is 3.03. The van der Waals surface area contributed by atoms with E-state index < -0.39 is 0 Å². The Labute approximate surface area is 118 Å². The number of carbonyl (C=O) groups is 1. The van der Waals surface area contributed by atoms with Crippen LogP contribution in [0, 0.1) is 0 Å². The maximum Gasteiger partial charge on any atom is 0.410 e. The number of nitrogens with two attached hydrogens (primary N) is 1. The molecule has 2 heterocycles. The van der Waals surface area contributed by atoms with Gasteiger partial charge in [0.2, 0.25) is 0 Å². The molecule has 1 aromatic rings. The van der Waals surface area contributed by atoms with Crippen molar-refractivity contribution in [2.45, 2.75) is 50.8 Å². The summed E-state index contributed by atoms with van der Waals surface area (Å²) in [5.41, 5.74) is 6.45. The number of hydrogen-bond acceptors (Lipinski definition) is 4. The highest BCUT2D eigenvalue weighted by molar-refractivity contribution is 5.69. The van der Waals surface area contributed by atoms with Crippen molar-refractivity contribution in [2.24, 2.45) is 5.73 Å². The lowest BCUT2D eigenvalue weighted by molar-refractivity contribution is 0.134. The molecular weight excluding hydrogens is 256 g/mol. The first kappa shape index (κ1) is 13.4. The van der Waals surface area contributed by atoms with Gasteiger partial charge in [0.15, 0.2) is 0 Å². The van der Waals surface area contributed by atoms with Crippen molar-refractivity contribution in [3.05, 3.63) is 18.0 Å². The van der Waals surface area contributed by atoms with E-state index in [9.17, 15) is 4.79 Å². The standard InChI is InChI=1S/C14H22N4O2/c15-8-13-10-17(14(19)20-13)9-11-6-7-18(16-11)12-4-2-1-3-5-12/h6-7,12-13H,1-5,8-10,15H2. The molecule has 3 rings (SSSR count). The van der Waals surface area contributed by atoms with E-state index in [2.05, 4.69) is 9.78 Å². The predicted octanol–water partition coefficient (Wildman–Crippen LogP) is 1.67. The second-order valence-electron chi connectivity index (χ2n) is 5.70. The number of ether oxygens (including phenoxy) is 1. The highest BCUT2D eigenvalue weighted by atomic mass is 16.6. The van der Waals surface area contributed by atoms with E-state index in [0.29, 0.717) is 25.7 Å². The van der Waals surface area contributed by atoms with Crippen LogP contribution in [-0.4, -0.2) is 40.0 Å². The Morgan fingerprint density at radius 3 is 2.85 bits per heavy atom. The van der Waals surface area contributed by atoms with Gasteiger partial charge in [0.1, 0.15) is 6.10 Å². The van der Waals surface area contributed by atoms with Crippen molar-refractivity contribution in [1.29, 1.82) is 0 Å². The molecule has 0 bridgehead atoms. The molecule has 6 nitrogen and oxygen atoms in total. The normalized spacial score (nSPS) is 24.1. The zero-order chi connectivity index (χ0) is 13.9. The van der Waals surface area contributed by atoms with Crippen LogP contribution in [0.5, 0.6) is 0 Å². The van der Waals surface area contributed by atoms with Gasteiger partial charge in [-0.25, -0.2) is 4.79 Å². The van der Waals surface area contributed by atoms with Gasteiger partial charge >= 0.3 is 6.09 Å². The smallest absolute Gasteiger partial charge is 0.410 e. The lowest BCUT2D eigenvalue weighted by Gasteiger charge is -2.21. The molecule has 1 saturated heterocycles. The lowest BCUT2D eigenvalue weighted by atomic mass is 9.96. The van der Waals surface area contributed by atoms with Gasteiger partial charge in [-0.15, -0.1) is 0 Å². The Balaban J connectivity index is 1.61. The molecule has 1 aliphatic heterocycles. The summed E-state index contributed by atoms with van der Waals surface area (Å²) in [6.07, 6.45) is 7.91. The van der Waals surface area contributed by atoms with Crippen molar-refractivity contribution in [3.8, 4) is 0 Å². The fourth-order valence-corrected chi connectivity index (χ4v) is 3.03. The molecule has 2 fully saturated rings. The Kier molecular flexibility index (Phi) is 3.91. The summed E-state index contributed by atoms with van der Waals surface area (Å²) in [5, 5.41) is 4.62. The first-order chi connectivity index (χ1) is 9.76. The summed E-state index contributed by atoms with van der Waals surface area (Å²) in [7, 11) is 0. The average Bonchev–Trinajstić information content (AvgIpc) is 3.08. The first-order valence-corrected chi connectivity index (χ1v) is 7.46. The minimum Gasteiger partial charge on any atom is -0.443 e. The number of carbonyl (C=O) groups excluding carboxylic acids is 1. The highest BCUT2D eigenvalue weighted by Crippen LogP contribution is 2.27. The zero-order valence-corrected chi connectivity index (χ0v) is 11.7. The monoisotopic (exact) mass is 278 g/mol. The third kappa shape index (κ3) is 2.80. The molecule has 1 aromatic heterocycles. The minimum absolute atomic E-state index is 0.178. The number of cyclic esters (lactones) is 1. The van der Waals surface area contributed by atoms with Crippen molar-refractivity contribution in [1.82, 2.24) is 14.7 Å². The van der Waals surface area contributed by atoms with Crippen molar-refractivity contribution < 1.29 is 9.53 Å². The van der Waals surface area contributed by atoms with E-state index in [0.717, 1.165) is 5.69 Å². The van der Waals surface area contributed by atoms with Crippen molar-refractivity contribution in [2.75, 3.05) is 13.1 Å². The molecule has 1 amide bonds. The highest BCUT2D eigenvalue weighted by Gasteiger charge is 2.30. The van der Waals surface area contributed by atoms with E-state index >= 15 is 0 Å². The van der Waals surface area contributed by atoms with Crippen LogP contribution in [0.1, 0.15) is 43.8 Å². The summed E-state index contributed by atoms with van der Waals surface area (Å²) < 4.78 is 7.21. The average molecular weight is 278 g/mol. The largest absolute Gasteiger partial charge is 0.443 e. The number of hydrogen-bond donors (Lipinski definition) is 1. The predicted molar refractivity (Wildman–Crippen MR) is 74.1 cm³/mol. The van der Waals surface area contributed by atoms with Crippen LogP contribution in [0.15, 0.2) is 12.3 Å². The molecule has 1 saturated carbocycles. The molecule has 1 aliphatic carbocycles. The Morgan fingerprint density at radius 2 is 2.15 bits per heavy atom. The third-order valence-corrected chi connectivity index (χ3v) is 4.18. The van der Waals surface area contributed by atoms with Gasteiger partial charge in [0, 0.05) is 12.7 Å².